The van der Waals surface area contributed by atoms with Crippen LogP contribution in [0.2, 0.25) is 0 Å². The number of ether oxygens (including phenoxy) is 2. The number of hydrogen-bond acceptors (Lipinski definition) is 2. The normalized spacial score (nSPS) is 10.2. The third kappa shape index (κ3) is 9.97. The average Bonchev–Trinajstić information content (AvgIpc) is 2.32. The molecule has 0 aromatic heterocycles. The van der Waals surface area contributed by atoms with Crippen molar-refractivity contribution in [3.63, 3.8) is 0 Å². The Morgan fingerprint density at radius 2 is 1.62 bits per heavy atom. The molecule has 0 bridgehead atoms. The summed E-state index contributed by atoms with van der Waals surface area (Å²) in [5, 5.41) is 0. The summed E-state index contributed by atoms with van der Waals surface area (Å²) in [4.78, 5) is 0. The fourth-order valence-corrected chi connectivity index (χ4v) is 1.45. The number of methoxy groups -OCH3 is 2. The summed E-state index contributed by atoms with van der Waals surface area (Å²) in [5.41, 5.74) is 3.22. The standard InChI is InChI=1S/C14H26O2/c1-4-5-6-7-8-9-10-11-12-13-14(15-2)16-3/h7,9,14H,4-6,10-13H2,1-3H3. The van der Waals surface area contributed by atoms with E-state index in [2.05, 4.69) is 24.8 Å². The minimum Gasteiger partial charge on any atom is -0.356 e. The summed E-state index contributed by atoms with van der Waals surface area (Å²) >= 11 is 0. The number of unbranched alkanes of at least 4 members (excludes halogenated alkanes) is 4. The zero-order chi connectivity index (χ0) is 12.1. The predicted octanol–water partition coefficient (Wildman–Crippen LogP) is 4.07. The van der Waals surface area contributed by atoms with Gasteiger partial charge >= 0.3 is 0 Å². The molecule has 2 heteroatoms. The van der Waals surface area contributed by atoms with Crippen molar-refractivity contribution in [2.45, 2.75) is 58.2 Å². The van der Waals surface area contributed by atoms with E-state index < -0.39 is 0 Å². The lowest BCUT2D eigenvalue weighted by Gasteiger charge is -2.11. The van der Waals surface area contributed by atoms with E-state index in [1.165, 1.54) is 19.3 Å². The molecule has 94 valence electrons. The van der Waals surface area contributed by atoms with E-state index >= 15 is 0 Å². The SMILES string of the molecule is CCCCC=C=CCCCCC(OC)OC. The third-order valence-corrected chi connectivity index (χ3v) is 2.50. The highest BCUT2D eigenvalue weighted by Gasteiger charge is 2.02. The first kappa shape index (κ1) is 15.4. The maximum Gasteiger partial charge on any atom is 0.156 e. The first-order chi connectivity index (χ1) is 7.85. The van der Waals surface area contributed by atoms with Crippen LogP contribution >= 0.6 is 0 Å². The highest BCUT2D eigenvalue weighted by Crippen LogP contribution is 2.06. The summed E-state index contributed by atoms with van der Waals surface area (Å²) < 4.78 is 10.2. The second-order valence-corrected chi connectivity index (χ2v) is 3.90. The summed E-state index contributed by atoms with van der Waals surface area (Å²) in [6, 6.07) is 0. The van der Waals surface area contributed by atoms with Crippen molar-refractivity contribution in [3.8, 4) is 0 Å². The van der Waals surface area contributed by atoms with Crippen molar-refractivity contribution in [1.82, 2.24) is 0 Å². The number of hydrogen-bond donors (Lipinski definition) is 0. The summed E-state index contributed by atoms with van der Waals surface area (Å²) in [5.74, 6) is 0. The number of allylic oxidation sites excluding steroid dienone is 1. The number of rotatable bonds is 10. The van der Waals surface area contributed by atoms with E-state index in [9.17, 15) is 0 Å². The van der Waals surface area contributed by atoms with Crippen LogP contribution in [0.4, 0.5) is 0 Å². The zero-order valence-electron chi connectivity index (χ0n) is 11.0. The van der Waals surface area contributed by atoms with Crippen molar-refractivity contribution in [2.24, 2.45) is 0 Å². The lowest BCUT2D eigenvalue weighted by Crippen LogP contribution is -2.12. The summed E-state index contributed by atoms with van der Waals surface area (Å²) in [6.07, 6.45) is 12.3. The monoisotopic (exact) mass is 226 g/mol. The fourth-order valence-electron chi connectivity index (χ4n) is 1.45. The van der Waals surface area contributed by atoms with E-state index in [0.29, 0.717) is 0 Å². The first-order valence-corrected chi connectivity index (χ1v) is 6.30. The molecule has 0 aliphatic heterocycles. The molecule has 2 nitrogen and oxygen atoms in total. The van der Waals surface area contributed by atoms with Crippen LogP contribution in [0.1, 0.15) is 51.9 Å². The molecule has 0 spiro atoms. The molecule has 0 heterocycles. The maximum absolute atomic E-state index is 5.12. The topological polar surface area (TPSA) is 18.5 Å². The Morgan fingerprint density at radius 3 is 2.19 bits per heavy atom. The van der Waals surface area contributed by atoms with Crippen molar-refractivity contribution in [3.05, 3.63) is 17.9 Å². The van der Waals surface area contributed by atoms with Gasteiger partial charge in [-0.1, -0.05) is 13.3 Å². The molecular weight excluding hydrogens is 200 g/mol. The van der Waals surface area contributed by atoms with Gasteiger partial charge in [-0.15, -0.1) is 5.73 Å². The molecule has 0 fully saturated rings. The first-order valence-electron chi connectivity index (χ1n) is 6.30. The molecule has 0 aromatic rings. The second-order valence-electron chi connectivity index (χ2n) is 3.90. The molecule has 0 amide bonds. The summed E-state index contributed by atoms with van der Waals surface area (Å²) in [7, 11) is 3.37. The van der Waals surface area contributed by atoms with E-state index in [1.807, 2.05) is 0 Å². The Morgan fingerprint density at radius 1 is 1.00 bits per heavy atom. The Kier molecular flexibility index (Phi) is 12.1. The molecule has 0 rings (SSSR count). The highest BCUT2D eigenvalue weighted by atomic mass is 16.7. The Balaban J connectivity index is 3.35. The molecule has 0 saturated carbocycles. The van der Waals surface area contributed by atoms with E-state index in [4.69, 9.17) is 9.47 Å². The lowest BCUT2D eigenvalue weighted by atomic mass is 10.2. The van der Waals surface area contributed by atoms with Crippen LogP contribution < -0.4 is 0 Å². The minimum atomic E-state index is -0.0379. The average molecular weight is 226 g/mol. The fraction of sp³-hybridized carbons (Fsp3) is 0.786. The maximum atomic E-state index is 5.12. The van der Waals surface area contributed by atoms with Crippen LogP contribution in [-0.4, -0.2) is 20.5 Å². The minimum absolute atomic E-state index is 0.0379. The largest absolute Gasteiger partial charge is 0.356 e. The quantitative estimate of drug-likeness (QED) is 0.317. The van der Waals surface area contributed by atoms with Gasteiger partial charge in [0, 0.05) is 14.2 Å². The Bertz CT molecular complexity index is 189. The lowest BCUT2D eigenvalue weighted by molar-refractivity contribution is -0.107. The van der Waals surface area contributed by atoms with Gasteiger partial charge in [-0.3, -0.25) is 0 Å². The van der Waals surface area contributed by atoms with E-state index in [-0.39, 0.29) is 6.29 Å². The molecule has 16 heavy (non-hydrogen) atoms. The van der Waals surface area contributed by atoms with E-state index in [0.717, 1.165) is 25.7 Å². The van der Waals surface area contributed by atoms with Gasteiger partial charge in [-0.25, -0.2) is 0 Å². The van der Waals surface area contributed by atoms with E-state index in [1.54, 1.807) is 14.2 Å². The molecular formula is C14H26O2. The molecule has 0 aliphatic carbocycles. The van der Waals surface area contributed by atoms with Gasteiger partial charge in [0.05, 0.1) is 0 Å². The van der Waals surface area contributed by atoms with Gasteiger partial charge in [-0.05, 0) is 50.7 Å². The Labute approximate surface area is 100 Å². The second kappa shape index (κ2) is 12.5. The van der Waals surface area contributed by atoms with Crippen molar-refractivity contribution in [2.75, 3.05) is 14.2 Å². The van der Waals surface area contributed by atoms with Crippen molar-refractivity contribution < 1.29 is 9.47 Å². The molecule has 0 aromatic carbocycles. The molecule has 0 N–H and O–H groups in total. The van der Waals surface area contributed by atoms with Gasteiger partial charge < -0.3 is 9.47 Å². The van der Waals surface area contributed by atoms with Gasteiger partial charge in [0.1, 0.15) is 0 Å². The third-order valence-electron chi connectivity index (χ3n) is 2.50. The smallest absolute Gasteiger partial charge is 0.156 e. The van der Waals surface area contributed by atoms with Gasteiger partial charge in [0.15, 0.2) is 6.29 Å². The molecule has 0 unspecified atom stereocenters. The zero-order valence-corrected chi connectivity index (χ0v) is 11.0. The van der Waals surface area contributed by atoms with Crippen LogP contribution in [0.3, 0.4) is 0 Å². The molecule has 0 aliphatic rings. The van der Waals surface area contributed by atoms with Crippen molar-refractivity contribution in [1.29, 1.82) is 0 Å². The van der Waals surface area contributed by atoms with Crippen LogP contribution in [0.5, 0.6) is 0 Å². The van der Waals surface area contributed by atoms with Crippen LogP contribution in [-0.2, 0) is 9.47 Å². The van der Waals surface area contributed by atoms with Crippen LogP contribution in [0.15, 0.2) is 17.9 Å². The van der Waals surface area contributed by atoms with Gasteiger partial charge in [0.2, 0.25) is 0 Å². The molecule has 0 radical (unpaired) electrons. The summed E-state index contributed by atoms with van der Waals surface area (Å²) in [6.45, 7) is 2.21. The van der Waals surface area contributed by atoms with Crippen molar-refractivity contribution >= 4 is 0 Å². The molecule has 0 atom stereocenters. The van der Waals surface area contributed by atoms with Crippen LogP contribution in [0, 0.1) is 0 Å². The van der Waals surface area contributed by atoms with Gasteiger partial charge in [0.25, 0.3) is 0 Å². The molecule has 0 saturated heterocycles. The van der Waals surface area contributed by atoms with Crippen LogP contribution in [0.25, 0.3) is 0 Å². The predicted molar refractivity (Wildman–Crippen MR) is 68.5 cm³/mol. The highest BCUT2D eigenvalue weighted by molar-refractivity contribution is 4.84. The Hall–Kier alpha value is -0.560. The van der Waals surface area contributed by atoms with Gasteiger partial charge in [-0.2, -0.15) is 0 Å².